The molecule has 7 heteroatoms. The van der Waals surface area contributed by atoms with E-state index in [-0.39, 0.29) is 12.4 Å². The first-order chi connectivity index (χ1) is 13.5. The Morgan fingerprint density at radius 2 is 1.96 bits per heavy atom. The van der Waals surface area contributed by atoms with Gasteiger partial charge in [0.05, 0.1) is 6.61 Å². The summed E-state index contributed by atoms with van der Waals surface area (Å²) in [6.45, 7) is 3.71. The van der Waals surface area contributed by atoms with Gasteiger partial charge in [-0.3, -0.25) is 4.79 Å². The number of anilines is 1. The van der Waals surface area contributed by atoms with Crippen LogP contribution >= 0.6 is 0 Å². The maximum absolute atomic E-state index is 13.3. The number of furan rings is 1. The summed E-state index contributed by atoms with van der Waals surface area (Å²) in [6.07, 6.45) is 0. The van der Waals surface area contributed by atoms with Crippen LogP contribution in [0.1, 0.15) is 28.6 Å². The van der Waals surface area contributed by atoms with Crippen LogP contribution in [0.25, 0.3) is 11.0 Å². The second kappa shape index (κ2) is 8.67. The average Bonchev–Trinajstić information content (AvgIpc) is 3.06. The van der Waals surface area contributed by atoms with Crippen molar-refractivity contribution in [3.63, 3.8) is 0 Å². The van der Waals surface area contributed by atoms with Crippen molar-refractivity contribution in [2.24, 2.45) is 0 Å². The number of aryl methyl sites for hydroxylation is 1. The minimum atomic E-state index is -0.767. The molecule has 0 radical (unpaired) electrons. The lowest BCUT2D eigenvalue weighted by molar-refractivity contribution is -0.119. The van der Waals surface area contributed by atoms with Crippen LogP contribution in [0, 0.1) is 12.7 Å². The van der Waals surface area contributed by atoms with Crippen molar-refractivity contribution in [2.75, 3.05) is 18.5 Å². The molecule has 6 nitrogen and oxygen atoms in total. The van der Waals surface area contributed by atoms with Gasteiger partial charge in [0.2, 0.25) is 5.76 Å². The Morgan fingerprint density at radius 1 is 1.18 bits per heavy atom. The van der Waals surface area contributed by atoms with E-state index in [1.807, 2.05) is 19.1 Å². The van der Waals surface area contributed by atoms with E-state index in [0.717, 1.165) is 5.39 Å². The van der Waals surface area contributed by atoms with Crippen molar-refractivity contribution in [1.29, 1.82) is 0 Å². The SMILES string of the molecule is CCOCc1c(C(=O)OCC(=O)Nc2cc(F)ccc2C)oc2ccccc12. The van der Waals surface area contributed by atoms with Crippen molar-refractivity contribution in [3.8, 4) is 0 Å². The van der Waals surface area contributed by atoms with E-state index in [2.05, 4.69) is 5.32 Å². The zero-order chi connectivity index (χ0) is 20.1. The lowest BCUT2D eigenvalue weighted by Crippen LogP contribution is -2.21. The van der Waals surface area contributed by atoms with E-state index < -0.39 is 24.3 Å². The molecule has 0 aliphatic rings. The fourth-order valence-corrected chi connectivity index (χ4v) is 2.72. The highest BCUT2D eigenvalue weighted by Gasteiger charge is 2.22. The van der Waals surface area contributed by atoms with E-state index in [4.69, 9.17) is 13.9 Å². The van der Waals surface area contributed by atoms with Gasteiger partial charge in [-0.1, -0.05) is 24.3 Å². The lowest BCUT2D eigenvalue weighted by atomic mass is 10.1. The number of ether oxygens (including phenoxy) is 2. The van der Waals surface area contributed by atoms with E-state index in [1.165, 1.54) is 12.1 Å². The molecule has 146 valence electrons. The summed E-state index contributed by atoms with van der Waals surface area (Å²) in [5.74, 6) is -1.81. The predicted octanol–water partition coefficient (Wildman–Crippen LogP) is 4.21. The summed E-state index contributed by atoms with van der Waals surface area (Å²) in [7, 11) is 0. The number of amides is 1. The molecule has 0 fully saturated rings. The second-order valence-electron chi connectivity index (χ2n) is 6.13. The predicted molar refractivity (Wildman–Crippen MR) is 102 cm³/mol. The molecule has 1 amide bonds. The first-order valence-electron chi connectivity index (χ1n) is 8.81. The highest BCUT2D eigenvalue weighted by atomic mass is 19.1. The fourth-order valence-electron chi connectivity index (χ4n) is 2.72. The number of nitrogens with one attached hydrogen (secondary N) is 1. The molecule has 0 bridgehead atoms. The molecule has 0 unspecified atom stereocenters. The van der Waals surface area contributed by atoms with Crippen LogP contribution in [0.2, 0.25) is 0 Å². The fraction of sp³-hybridized carbons (Fsp3) is 0.238. The van der Waals surface area contributed by atoms with Gasteiger partial charge in [-0.25, -0.2) is 9.18 Å². The number of carbonyl (C=O) groups is 2. The van der Waals surface area contributed by atoms with E-state index in [1.54, 1.807) is 25.1 Å². The molecule has 0 atom stereocenters. The Balaban J connectivity index is 1.70. The Labute approximate surface area is 161 Å². The molecular formula is C21H20FNO5. The quantitative estimate of drug-likeness (QED) is 0.617. The van der Waals surface area contributed by atoms with Gasteiger partial charge in [-0.15, -0.1) is 0 Å². The summed E-state index contributed by atoms with van der Waals surface area (Å²) in [5.41, 5.74) is 2.12. The van der Waals surface area contributed by atoms with Crippen molar-refractivity contribution in [1.82, 2.24) is 0 Å². The summed E-state index contributed by atoms with van der Waals surface area (Å²) >= 11 is 0. The third-order valence-electron chi connectivity index (χ3n) is 4.14. The highest BCUT2D eigenvalue weighted by molar-refractivity contribution is 5.98. The van der Waals surface area contributed by atoms with Crippen LogP contribution in [0.3, 0.4) is 0 Å². The molecule has 2 aromatic carbocycles. The first kappa shape index (κ1) is 19.6. The third kappa shape index (κ3) is 4.37. The average molecular weight is 385 g/mol. The molecular weight excluding hydrogens is 365 g/mol. The van der Waals surface area contributed by atoms with Gasteiger partial charge < -0.3 is 19.2 Å². The standard InChI is InChI=1S/C21H20FNO5/c1-3-26-11-16-15-6-4-5-7-18(15)28-20(16)21(25)27-12-19(24)23-17-10-14(22)9-8-13(17)2/h4-10H,3,11-12H2,1-2H3,(H,23,24). The number of hydrogen-bond donors (Lipinski definition) is 1. The van der Waals surface area contributed by atoms with Gasteiger partial charge in [-0.2, -0.15) is 0 Å². The van der Waals surface area contributed by atoms with Crippen LogP contribution in [-0.2, 0) is 20.9 Å². The normalized spacial score (nSPS) is 10.8. The van der Waals surface area contributed by atoms with Crippen molar-refractivity contribution >= 4 is 28.5 Å². The van der Waals surface area contributed by atoms with Crippen LogP contribution in [0.4, 0.5) is 10.1 Å². The number of hydrogen-bond acceptors (Lipinski definition) is 5. The third-order valence-corrected chi connectivity index (χ3v) is 4.14. The molecule has 0 saturated heterocycles. The van der Waals surface area contributed by atoms with E-state index >= 15 is 0 Å². The highest BCUT2D eigenvalue weighted by Crippen LogP contribution is 2.27. The number of rotatable bonds is 7. The number of esters is 1. The topological polar surface area (TPSA) is 77.8 Å². The zero-order valence-electron chi connectivity index (χ0n) is 15.6. The van der Waals surface area contributed by atoms with Crippen molar-refractivity contribution < 1.29 is 27.9 Å². The zero-order valence-corrected chi connectivity index (χ0v) is 15.6. The van der Waals surface area contributed by atoms with Gasteiger partial charge in [0.1, 0.15) is 11.4 Å². The Morgan fingerprint density at radius 3 is 2.75 bits per heavy atom. The molecule has 1 aromatic heterocycles. The number of carbonyl (C=O) groups excluding carboxylic acids is 2. The first-order valence-corrected chi connectivity index (χ1v) is 8.81. The molecule has 1 heterocycles. The van der Waals surface area contributed by atoms with Gasteiger partial charge in [0.25, 0.3) is 5.91 Å². The van der Waals surface area contributed by atoms with Crippen molar-refractivity contribution in [2.45, 2.75) is 20.5 Å². The molecule has 3 rings (SSSR count). The monoisotopic (exact) mass is 385 g/mol. The Kier molecular flexibility index (Phi) is 6.06. The molecule has 28 heavy (non-hydrogen) atoms. The molecule has 1 N–H and O–H groups in total. The Hall–Kier alpha value is -3.19. The molecule has 3 aromatic rings. The van der Waals surface area contributed by atoms with E-state index in [9.17, 15) is 14.0 Å². The molecule has 0 aliphatic heterocycles. The second-order valence-corrected chi connectivity index (χ2v) is 6.13. The number of halogens is 1. The summed E-state index contributed by atoms with van der Waals surface area (Å²) in [6, 6.07) is 11.2. The van der Waals surface area contributed by atoms with Gasteiger partial charge >= 0.3 is 5.97 Å². The molecule has 0 spiro atoms. The minimum Gasteiger partial charge on any atom is -0.450 e. The minimum absolute atomic E-state index is 0.00406. The molecule has 0 aliphatic carbocycles. The van der Waals surface area contributed by atoms with Gasteiger partial charge in [-0.05, 0) is 37.6 Å². The number of benzene rings is 2. The largest absolute Gasteiger partial charge is 0.450 e. The Bertz CT molecular complexity index is 1010. The summed E-state index contributed by atoms with van der Waals surface area (Å²) < 4.78 is 29.4. The lowest BCUT2D eigenvalue weighted by Gasteiger charge is -2.09. The summed E-state index contributed by atoms with van der Waals surface area (Å²) in [4.78, 5) is 24.5. The number of para-hydroxylation sites is 1. The number of fused-ring (bicyclic) bond motifs is 1. The van der Waals surface area contributed by atoms with Gasteiger partial charge in [0, 0.05) is 23.2 Å². The van der Waals surface area contributed by atoms with Crippen molar-refractivity contribution in [3.05, 3.63) is 65.2 Å². The smallest absolute Gasteiger partial charge is 0.375 e. The van der Waals surface area contributed by atoms with Crippen LogP contribution in [0.5, 0.6) is 0 Å². The maximum atomic E-state index is 13.3. The van der Waals surface area contributed by atoms with Crippen LogP contribution in [0.15, 0.2) is 46.9 Å². The van der Waals surface area contributed by atoms with E-state index in [0.29, 0.717) is 29.0 Å². The molecule has 0 saturated carbocycles. The summed E-state index contributed by atoms with van der Waals surface area (Å²) in [5, 5.41) is 3.27. The van der Waals surface area contributed by atoms with Crippen LogP contribution < -0.4 is 5.32 Å². The maximum Gasteiger partial charge on any atom is 0.375 e. The van der Waals surface area contributed by atoms with Crippen LogP contribution in [-0.4, -0.2) is 25.1 Å². The van der Waals surface area contributed by atoms with Gasteiger partial charge in [0.15, 0.2) is 6.61 Å².